The Balaban J connectivity index is 2.22. The number of nitrogen functional groups attached to an aromatic ring is 1. The molecule has 17 heavy (non-hydrogen) atoms. The molecule has 0 amide bonds. The fourth-order valence-electron chi connectivity index (χ4n) is 1.45. The van der Waals surface area contributed by atoms with Gasteiger partial charge in [0.15, 0.2) is 0 Å². The van der Waals surface area contributed by atoms with Crippen molar-refractivity contribution in [1.82, 2.24) is 0 Å². The van der Waals surface area contributed by atoms with Crippen LogP contribution in [-0.4, -0.2) is 5.97 Å². The van der Waals surface area contributed by atoms with E-state index < -0.39 is 0 Å². The second-order valence-electron chi connectivity index (χ2n) is 4.09. The summed E-state index contributed by atoms with van der Waals surface area (Å²) < 4.78 is 10.5. The molecule has 0 saturated heterocycles. The van der Waals surface area contributed by atoms with Gasteiger partial charge in [-0.25, -0.2) is 0 Å². The van der Waals surface area contributed by atoms with Crippen LogP contribution < -0.4 is 10.5 Å². The molecule has 2 rings (SSSR count). The van der Waals surface area contributed by atoms with Crippen LogP contribution in [0.4, 0.5) is 5.69 Å². The molecule has 0 aliphatic rings. The summed E-state index contributed by atoms with van der Waals surface area (Å²) in [7, 11) is 0. The Morgan fingerprint density at radius 1 is 1.47 bits per heavy atom. The predicted octanol–water partition coefficient (Wildman–Crippen LogP) is 2.97. The van der Waals surface area contributed by atoms with Gasteiger partial charge < -0.3 is 14.9 Å². The van der Waals surface area contributed by atoms with Gasteiger partial charge in [-0.15, -0.1) is 0 Å². The minimum atomic E-state index is -0.278. The highest BCUT2D eigenvalue weighted by Gasteiger charge is 2.15. The zero-order chi connectivity index (χ0) is 12.4. The number of rotatable bonds is 3. The van der Waals surface area contributed by atoms with E-state index in [9.17, 15) is 4.79 Å². The second kappa shape index (κ2) is 4.49. The van der Waals surface area contributed by atoms with Crippen LogP contribution in [0.3, 0.4) is 0 Å². The molecule has 2 N–H and O–H groups in total. The average Bonchev–Trinajstić information content (AvgIpc) is 2.69. The summed E-state index contributed by atoms with van der Waals surface area (Å²) in [4.78, 5) is 11.6. The molecule has 90 valence electrons. The van der Waals surface area contributed by atoms with Crippen LogP contribution in [0.25, 0.3) is 11.0 Å². The lowest BCUT2D eigenvalue weighted by atomic mass is 10.1. The molecule has 1 unspecified atom stereocenters. The summed E-state index contributed by atoms with van der Waals surface area (Å²) in [6.07, 6.45) is 0.742. The Bertz CT molecular complexity index is 545. The molecular formula is C13H15NO3. The second-order valence-corrected chi connectivity index (χ2v) is 4.09. The van der Waals surface area contributed by atoms with Gasteiger partial charge in [0, 0.05) is 17.1 Å². The molecule has 4 heteroatoms. The Labute approximate surface area is 99.3 Å². The maximum Gasteiger partial charge on any atom is 0.316 e. The van der Waals surface area contributed by atoms with Crippen molar-refractivity contribution in [3.63, 3.8) is 0 Å². The van der Waals surface area contributed by atoms with Gasteiger partial charge in [-0.05, 0) is 24.6 Å². The Morgan fingerprint density at radius 3 is 2.94 bits per heavy atom. The number of hydrogen-bond donors (Lipinski definition) is 1. The number of anilines is 1. The van der Waals surface area contributed by atoms with E-state index in [0.29, 0.717) is 11.3 Å². The summed E-state index contributed by atoms with van der Waals surface area (Å²) in [5.74, 6) is -0.191. The van der Waals surface area contributed by atoms with Gasteiger partial charge in [-0.1, -0.05) is 13.8 Å². The van der Waals surface area contributed by atoms with E-state index in [-0.39, 0.29) is 17.8 Å². The van der Waals surface area contributed by atoms with E-state index in [4.69, 9.17) is 14.9 Å². The highest BCUT2D eigenvalue weighted by atomic mass is 16.6. The highest BCUT2D eigenvalue weighted by molar-refractivity contribution is 5.83. The highest BCUT2D eigenvalue weighted by Crippen LogP contribution is 2.27. The first-order valence-electron chi connectivity index (χ1n) is 5.61. The van der Waals surface area contributed by atoms with Crippen molar-refractivity contribution < 1.29 is 13.9 Å². The van der Waals surface area contributed by atoms with Crippen molar-refractivity contribution >= 4 is 22.6 Å². The molecular weight excluding hydrogens is 218 g/mol. The van der Waals surface area contributed by atoms with Gasteiger partial charge in [-0.3, -0.25) is 4.79 Å². The number of nitrogens with two attached hydrogens (primary N) is 1. The van der Waals surface area contributed by atoms with Gasteiger partial charge in [0.1, 0.15) is 5.58 Å². The lowest BCUT2D eigenvalue weighted by molar-refractivity contribution is -0.139. The van der Waals surface area contributed by atoms with Crippen molar-refractivity contribution in [3.05, 3.63) is 24.3 Å². The number of furan rings is 1. The van der Waals surface area contributed by atoms with Crippen LogP contribution >= 0.6 is 0 Å². The third-order valence-electron chi connectivity index (χ3n) is 2.73. The standard InChI is InChI=1S/C13H15NO3/c1-3-8(2)13(15)17-12-7-9-6-10(14)4-5-11(9)16-12/h4-8H,3,14H2,1-2H3. The number of benzene rings is 1. The number of hydrogen-bond acceptors (Lipinski definition) is 4. The number of ether oxygens (including phenoxy) is 1. The molecule has 0 aliphatic carbocycles. The van der Waals surface area contributed by atoms with E-state index in [1.165, 1.54) is 0 Å². The molecule has 4 nitrogen and oxygen atoms in total. The van der Waals surface area contributed by atoms with Crippen molar-refractivity contribution in [2.75, 3.05) is 5.73 Å². The van der Waals surface area contributed by atoms with Crippen LogP contribution in [0.2, 0.25) is 0 Å². The van der Waals surface area contributed by atoms with E-state index >= 15 is 0 Å². The molecule has 0 bridgehead atoms. The lowest BCUT2D eigenvalue weighted by Gasteiger charge is -2.05. The van der Waals surface area contributed by atoms with Gasteiger partial charge in [0.25, 0.3) is 5.95 Å². The molecule has 2 aromatic rings. The average molecular weight is 233 g/mol. The third kappa shape index (κ3) is 2.41. The first kappa shape index (κ1) is 11.5. The van der Waals surface area contributed by atoms with Crippen molar-refractivity contribution in [2.24, 2.45) is 5.92 Å². The molecule has 0 fully saturated rings. The molecule has 1 atom stereocenters. The smallest absolute Gasteiger partial charge is 0.316 e. The number of esters is 1. The molecule has 1 aromatic heterocycles. The Kier molecular flexibility index (Phi) is 3.04. The maximum absolute atomic E-state index is 11.6. The van der Waals surface area contributed by atoms with Crippen LogP contribution in [-0.2, 0) is 4.79 Å². The van der Waals surface area contributed by atoms with E-state index in [0.717, 1.165) is 11.8 Å². The normalized spacial score (nSPS) is 12.6. The zero-order valence-corrected chi connectivity index (χ0v) is 9.90. The molecule has 0 radical (unpaired) electrons. The maximum atomic E-state index is 11.6. The van der Waals surface area contributed by atoms with E-state index in [2.05, 4.69) is 0 Å². The number of fused-ring (bicyclic) bond motifs is 1. The fraction of sp³-hybridized carbons (Fsp3) is 0.308. The number of carbonyl (C=O) groups is 1. The van der Waals surface area contributed by atoms with Crippen LogP contribution in [0.5, 0.6) is 5.95 Å². The van der Waals surface area contributed by atoms with Crippen LogP contribution in [0.1, 0.15) is 20.3 Å². The molecule has 0 aliphatic heterocycles. The van der Waals surface area contributed by atoms with Gasteiger partial charge in [-0.2, -0.15) is 0 Å². The SMILES string of the molecule is CCC(C)C(=O)Oc1cc2cc(N)ccc2o1. The van der Waals surface area contributed by atoms with E-state index in [1.807, 2.05) is 13.8 Å². The van der Waals surface area contributed by atoms with Crippen molar-refractivity contribution in [2.45, 2.75) is 20.3 Å². The summed E-state index contributed by atoms with van der Waals surface area (Å²) in [5, 5.41) is 0.831. The minimum absolute atomic E-state index is 0.131. The molecule has 1 heterocycles. The van der Waals surface area contributed by atoms with E-state index in [1.54, 1.807) is 24.3 Å². The predicted molar refractivity (Wildman–Crippen MR) is 65.7 cm³/mol. The Hall–Kier alpha value is -1.97. The largest absolute Gasteiger partial charge is 0.425 e. The van der Waals surface area contributed by atoms with Crippen molar-refractivity contribution in [3.8, 4) is 5.95 Å². The van der Waals surface area contributed by atoms with Crippen LogP contribution in [0.15, 0.2) is 28.7 Å². The fourth-order valence-corrected chi connectivity index (χ4v) is 1.45. The van der Waals surface area contributed by atoms with Crippen LogP contribution in [0, 0.1) is 5.92 Å². The number of carbonyl (C=O) groups excluding carboxylic acids is 1. The van der Waals surface area contributed by atoms with Gasteiger partial charge in [0.05, 0.1) is 5.92 Å². The topological polar surface area (TPSA) is 65.5 Å². The summed E-state index contributed by atoms with van der Waals surface area (Å²) in [5.41, 5.74) is 6.96. The summed E-state index contributed by atoms with van der Waals surface area (Å²) in [6, 6.07) is 6.95. The van der Waals surface area contributed by atoms with Crippen molar-refractivity contribution in [1.29, 1.82) is 0 Å². The molecule has 0 saturated carbocycles. The summed E-state index contributed by atoms with van der Waals surface area (Å²) >= 11 is 0. The van der Waals surface area contributed by atoms with Gasteiger partial charge in [0.2, 0.25) is 0 Å². The zero-order valence-electron chi connectivity index (χ0n) is 9.90. The van der Waals surface area contributed by atoms with Gasteiger partial charge >= 0.3 is 5.97 Å². The minimum Gasteiger partial charge on any atom is -0.425 e. The monoisotopic (exact) mass is 233 g/mol. The first-order valence-corrected chi connectivity index (χ1v) is 5.61. The first-order chi connectivity index (χ1) is 8.10. The summed E-state index contributed by atoms with van der Waals surface area (Å²) in [6.45, 7) is 3.76. The molecule has 1 aromatic carbocycles. The lowest BCUT2D eigenvalue weighted by Crippen LogP contribution is -2.16. The Morgan fingerprint density at radius 2 is 2.24 bits per heavy atom. The molecule has 0 spiro atoms. The quantitative estimate of drug-likeness (QED) is 0.653. The third-order valence-corrected chi connectivity index (χ3v) is 2.73.